The molecule has 1 aliphatic rings. The van der Waals surface area contributed by atoms with Crippen molar-refractivity contribution in [1.29, 1.82) is 5.26 Å². The Balaban J connectivity index is 1.51. The zero-order valence-corrected chi connectivity index (χ0v) is 20.6. The number of amides is 1. The van der Waals surface area contributed by atoms with Gasteiger partial charge in [-0.15, -0.1) is 0 Å². The fraction of sp³-hybridized carbons (Fsp3) is 0.0800. The first-order valence-corrected chi connectivity index (χ1v) is 11.9. The summed E-state index contributed by atoms with van der Waals surface area (Å²) in [5.41, 5.74) is 3.99. The summed E-state index contributed by atoms with van der Waals surface area (Å²) in [6.07, 6.45) is 1.75. The number of thioether (sulfide) groups is 1. The topological polar surface area (TPSA) is 74.5 Å². The van der Waals surface area contributed by atoms with Gasteiger partial charge in [0.15, 0.2) is 10.9 Å². The van der Waals surface area contributed by atoms with Gasteiger partial charge in [-0.25, -0.2) is 4.99 Å². The summed E-state index contributed by atoms with van der Waals surface area (Å²) in [5, 5.41) is 12.9. The van der Waals surface area contributed by atoms with E-state index in [1.807, 2.05) is 49.4 Å². The van der Waals surface area contributed by atoms with Crippen LogP contribution in [0.2, 0.25) is 5.02 Å². The molecule has 0 aliphatic carbocycles. The predicted octanol–water partition coefficient (Wildman–Crippen LogP) is 6.75. The Morgan fingerprint density at radius 2 is 1.97 bits per heavy atom. The molecule has 0 atom stereocenters. The Labute approximate surface area is 209 Å². The molecule has 0 aromatic heterocycles. The maximum Gasteiger partial charge on any atom is 0.264 e. The van der Waals surface area contributed by atoms with Crippen LogP contribution in [0, 0.1) is 18.3 Å². The van der Waals surface area contributed by atoms with E-state index in [9.17, 15) is 10.1 Å². The van der Waals surface area contributed by atoms with Gasteiger partial charge in [-0.05, 0) is 76.6 Å². The number of nitrogens with one attached hydrogen (secondary N) is 1. The average Bonchev–Trinajstić information content (AvgIpc) is 3.13. The zero-order chi connectivity index (χ0) is 23.4. The van der Waals surface area contributed by atoms with Crippen molar-refractivity contribution >= 4 is 62.1 Å². The summed E-state index contributed by atoms with van der Waals surface area (Å²) in [6.45, 7) is 2.22. The van der Waals surface area contributed by atoms with Crippen LogP contribution >= 0.6 is 39.3 Å². The number of benzene rings is 3. The van der Waals surface area contributed by atoms with E-state index in [0.29, 0.717) is 30.9 Å². The van der Waals surface area contributed by atoms with Crippen molar-refractivity contribution in [1.82, 2.24) is 5.32 Å². The highest BCUT2D eigenvalue weighted by Gasteiger charge is 2.24. The molecule has 8 heteroatoms. The smallest absolute Gasteiger partial charge is 0.264 e. The van der Waals surface area contributed by atoms with E-state index in [1.165, 1.54) is 11.8 Å². The molecule has 1 saturated heterocycles. The molecule has 33 heavy (non-hydrogen) atoms. The van der Waals surface area contributed by atoms with Gasteiger partial charge >= 0.3 is 0 Å². The third-order valence-electron chi connectivity index (χ3n) is 4.74. The van der Waals surface area contributed by atoms with Crippen molar-refractivity contribution in [2.45, 2.75) is 13.5 Å². The van der Waals surface area contributed by atoms with Crippen LogP contribution in [0.5, 0.6) is 5.75 Å². The number of halogens is 2. The summed E-state index contributed by atoms with van der Waals surface area (Å²) in [6, 6.07) is 20.7. The van der Waals surface area contributed by atoms with E-state index in [4.69, 9.17) is 16.3 Å². The summed E-state index contributed by atoms with van der Waals surface area (Å²) in [4.78, 5) is 17.4. The molecular weight excluding hydrogens is 522 g/mol. The van der Waals surface area contributed by atoms with Crippen LogP contribution in [-0.2, 0) is 11.4 Å². The Hall–Kier alpha value is -3.05. The lowest BCUT2D eigenvalue weighted by atomic mass is 10.1. The SMILES string of the molecule is Cc1ccc(N=C2NC(=O)/C(=C\c3cc(Cl)c(OCc4ccccc4C#N)c(Br)c3)S2)cc1. The van der Waals surface area contributed by atoms with Crippen molar-refractivity contribution in [3.8, 4) is 11.8 Å². The van der Waals surface area contributed by atoms with Crippen LogP contribution in [0.25, 0.3) is 6.08 Å². The van der Waals surface area contributed by atoms with Crippen LogP contribution in [0.1, 0.15) is 22.3 Å². The second kappa shape index (κ2) is 10.3. The third-order valence-corrected chi connectivity index (χ3v) is 6.52. The van der Waals surface area contributed by atoms with Crippen molar-refractivity contribution < 1.29 is 9.53 Å². The number of hydrogen-bond acceptors (Lipinski definition) is 5. The molecular formula is C25H17BrClN3O2S. The molecule has 5 nitrogen and oxygen atoms in total. The number of aliphatic imine (C=N–C) groups is 1. The van der Waals surface area contributed by atoms with Gasteiger partial charge in [0.25, 0.3) is 5.91 Å². The van der Waals surface area contributed by atoms with Crippen molar-refractivity contribution in [3.05, 3.63) is 97.3 Å². The first-order valence-electron chi connectivity index (χ1n) is 9.89. The minimum atomic E-state index is -0.216. The lowest BCUT2D eigenvalue weighted by Gasteiger charge is -2.12. The van der Waals surface area contributed by atoms with Gasteiger partial charge in [0.1, 0.15) is 6.61 Å². The summed E-state index contributed by atoms with van der Waals surface area (Å²) in [5.74, 6) is 0.253. The fourth-order valence-corrected chi connectivity index (χ4v) is 4.91. The lowest BCUT2D eigenvalue weighted by Crippen LogP contribution is -2.19. The Bertz CT molecular complexity index is 1310. The third kappa shape index (κ3) is 5.66. The van der Waals surface area contributed by atoms with Crippen LogP contribution < -0.4 is 10.1 Å². The highest BCUT2D eigenvalue weighted by Crippen LogP contribution is 2.37. The predicted molar refractivity (Wildman–Crippen MR) is 137 cm³/mol. The molecule has 0 bridgehead atoms. The average molecular weight is 539 g/mol. The number of ether oxygens (including phenoxy) is 1. The summed E-state index contributed by atoms with van der Waals surface area (Å²) < 4.78 is 6.53. The minimum absolute atomic E-state index is 0.208. The van der Waals surface area contributed by atoms with Gasteiger partial charge in [-0.1, -0.05) is 47.5 Å². The van der Waals surface area contributed by atoms with E-state index in [-0.39, 0.29) is 12.5 Å². The molecule has 4 rings (SSSR count). The van der Waals surface area contributed by atoms with Crippen molar-refractivity contribution in [3.63, 3.8) is 0 Å². The van der Waals surface area contributed by atoms with Crippen LogP contribution in [0.3, 0.4) is 0 Å². The number of nitriles is 1. The molecule has 0 radical (unpaired) electrons. The molecule has 3 aromatic carbocycles. The summed E-state index contributed by atoms with van der Waals surface area (Å²) in [7, 11) is 0. The van der Waals surface area contributed by atoms with Crippen molar-refractivity contribution in [2.75, 3.05) is 0 Å². The number of aryl methyl sites for hydroxylation is 1. The second-order valence-electron chi connectivity index (χ2n) is 7.19. The second-order valence-corrected chi connectivity index (χ2v) is 9.48. The molecule has 1 amide bonds. The molecule has 0 unspecified atom stereocenters. The van der Waals surface area contributed by atoms with Gasteiger partial charge < -0.3 is 10.1 Å². The highest BCUT2D eigenvalue weighted by molar-refractivity contribution is 9.10. The maximum atomic E-state index is 12.4. The zero-order valence-electron chi connectivity index (χ0n) is 17.4. The first kappa shape index (κ1) is 23.1. The fourth-order valence-electron chi connectivity index (χ4n) is 3.07. The Kier molecular flexibility index (Phi) is 7.19. The number of amidine groups is 1. The van der Waals surface area contributed by atoms with Gasteiger partial charge in [0, 0.05) is 5.56 Å². The maximum absolute atomic E-state index is 12.4. The molecule has 3 aromatic rings. The van der Waals surface area contributed by atoms with E-state index in [0.717, 1.165) is 22.4 Å². The molecule has 0 saturated carbocycles. The molecule has 164 valence electrons. The Morgan fingerprint density at radius 3 is 2.70 bits per heavy atom. The summed E-state index contributed by atoms with van der Waals surface area (Å²) >= 11 is 11.2. The molecule has 1 N–H and O–H groups in total. The van der Waals surface area contributed by atoms with Crippen LogP contribution in [-0.4, -0.2) is 11.1 Å². The molecule has 0 spiro atoms. The van der Waals surface area contributed by atoms with Gasteiger partial charge in [-0.2, -0.15) is 5.26 Å². The number of nitrogens with zero attached hydrogens (tertiary/aromatic N) is 2. The number of rotatable bonds is 5. The van der Waals surface area contributed by atoms with E-state index in [2.05, 4.69) is 32.3 Å². The van der Waals surface area contributed by atoms with Gasteiger partial charge in [-0.3, -0.25) is 4.79 Å². The van der Waals surface area contributed by atoms with E-state index in [1.54, 1.807) is 24.3 Å². The first-order chi connectivity index (χ1) is 15.9. The highest BCUT2D eigenvalue weighted by atomic mass is 79.9. The minimum Gasteiger partial charge on any atom is -0.486 e. The van der Waals surface area contributed by atoms with E-state index >= 15 is 0 Å². The van der Waals surface area contributed by atoms with E-state index < -0.39 is 0 Å². The Morgan fingerprint density at radius 1 is 1.21 bits per heavy atom. The van der Waals surface area contributed by atoms with Gasteiger partial charge in [0.2, 0.25) is 0 Å². The number of carbonyl (C=O) groups excluding carboxylic acids is 1. The number of carbonyl (C=O) groups is 1. The number of hydrogen-bond donors (Lipinski definition) is 1. The van der Waals surface area contributed by atoms with Crippen LogP contribution in [0.4, 0.5) is 5.69 Å². The largest absolute Gasteiger partial charge is 0.486 e. The quantitative estimate of drug-likeness (QED) is 0.365. The van der Waals surface area contributed by atoms with Gasteiger partial charge in [0.05, 0.1) is 31.7 Å². The van der Waals surface area contributed by atoms with Crippen molar-refractivity contribution in [2.24, 2.45) is 4.99 Å². The van der Waals surface area contributed by atoms with Crippen LogP contribution in [0.15, 0.2) is 75.0 Å². The normalized spacial score (nSPS) is 15.5. The monoisotopic (exact) mass is 537 g/mol. The molecule has 1 fully saturated rings. The molecule has 1 aliphatic heterocycles. The standard InChI is InChI=1S/C25H17BrClN3O2S/c1-15-6-8-19(9-7-15)29-25-30-24(31)22(33-25)12-16-10-20(26)23(21(27)11-16)32-14-18-5-3-2-4-17(18)13-28/h2-12H,14H2,1H3,(H,29,30,31)/b22-12+. The molecule has 1 heterocycles. The lowest BCUT2D eigenvalue weighted by molar-refractivity contribution is -0.115.